The van der Waals surface area contributed by atoms with Gasteiger partial charge in [-0.2, -0.15) is 0 Å². The minimum absolute atomic E-state index is 0.195. The summed E-state index contributed by atoms with van der Waals surface area (Å²) in [7, 11) is 0. The third-order valence-electron chi connectivity index (χ3n) is 2.81. The van der Waals surface area contributed by atoms with Gasteiger partial charge in [-0.05, 0) is 23.3 Å². The molecule has 0 aliphatic heterocycles. The Morgan fingerprint density at radius 2 is 2.30 bits per heavy atom. The van der Waals surface area contributed by atoms with Crippen LogP contribution < -0.4 is 11.3 Å². The Morgan fingerprint density at radius 1 is 1.45 bits per heavy atom. The molecule has 3 N–H and O–H groups in total. The lowest BCUT2D eigenvalue weighted by Crippen LogP contribution is -2.30. The van der Waals surface area contributed by atoms with Gasteiger partial charge in [-0.3, -0.25) is 14.9 Å². The van der Waals surface area contributed by atoms with Crippen LogP contribution in [0.3, 0.4) is 0 Å². The molecule has 1 fully saturated rings. The van der Waals surface area contributed by atoms with Crippen molar-refractivity contribution in [1.82, 2.24) is 40.6 Å². The van der Waals surface area contributed by atoms with E-state index in [2.05, 4.69) is 25.8 Å². The first-order valence-electron chi connectivity index (χ1n) is 6.09. The van der Waals surface area contributed by atoms with E-state index in [1.807, 2.05) is 10.1 Å². The summed E-state index contributed by atoms with van der Waals surface area (Å²) in [5, 5.41) is 20.0. The van der Waals surface area contributed by atoms with Crippen molar-refractivity contribution in [3.05, 3.63) is 11.9 Å². The van der Waals surface area contributed by atoms with E-state index in [-0.39, 0.29) is 5.69 Å². The van der Waals surface area contributed by atoms with Crippen molar-refractivity contribution in [1.29, 1.82) is 0 Å². The molecule has 1 aliphatic rings. The average Bonchev–Trinajstić information content (AvgIpc) is 3.01. The molecule has 0 saturated heterocycles. The average molecular weight is 295 g/mol. The molecular formula is C9H13N9OS. The van der Waals surface area contributed by atoms with Gasteiger partial charge in [-0.25, -0.2) is 10.5 Å². The van der Waals surface area contributed by atoms with Gasteiger partial charge in [0.15, 0.2) is 5.69 Å². The fourth-order valence-electron chi connectivity index (χ4n) is 1.64. The van der Waals surface area contributed by atoms with Gasteiger partial charge in [0.1, 0.15) is 0 Å². The summed E-state index contributed by atoms with van der Waals surface area (Å²) in [6.07, 6.45) is 3.82. The lowest BCUT2D eigenvalue weighted by molar-refractivity contribution is 0.0948. The molecule has 2 aromatic heterocycles. The second-order valence-electron chi connectivity index (χ2n) is 4.33. The van der Waals surface area contributed by atoms with E-state index >= 15 is 0 Å². The molecule has 2 heterocycles. The largest absolute Gasteiger partial charge is 0.289 e. The van der Waals surface area contributed by atoms with Gasteiger partial charge in [0.05, 0.1) is 18.8 Å². The first-order chi connectivity index (χ1) is 9.78. The summed E-state index contributed by atoms with van der Waals surface area (Å²) in [5.74, 6) is 5.30. The summed E-state index contributed by atoms with van der Waals surface area (Å²) < 4.78 is 3.45. The monoisotopic (exact) mass is 295 g/mol. The number of hydrogen-bond acceptors (Lipinski definition) is 8. The SMILES string of the molecule is NNC(=O)c1cn(CCSc2nnnn2C2CC2)nn1. The second kappa shape index (κ2) is 5.54. The van der Waals surface area contributed by atoms with Crippen LogP contribution in [0.4, 0.5) is 0 Å². The van der Waals surface area contributed by atoms with Crippen LogP contribution in [0.15, 0.2) is 11.4 Å². The Bertz CT molecular complexity index is 604. The number of nitrogens with zero attached hydrogens (tertiary/aromatic N) is 7. The van der Waals surface area contributed by atoms with Gasteiger partial charge in [-0.15, -0.1) is 10.2 Å². The third-order valence-corrected chi connectivity index (χ3v) is 3.72. The zero-order chi connectivity index (χ0) is 13.9. The van der Waals surface area contributed by atoms with Gasteiger partial charge in [0, 0.05) is 5.75 Å². The molecule has 0 atom stereocenters. The van der Waals surface area contributed by atoms with E-state index in [0.29, 0.717) is 12.6 Å². The molecule has 0 radical (unpaired) electrons. The summed E-state index contributed by atoms with van der Waals surface area (Å²) >= 11 is 1.55. The topological polar surface area (TPSA) is 129 Å². The predicted molar refractivity (Wildman–Crippen MR) is 68.5 cm³/mol. The molecule has 106 valence electrons. The Morgan fingerprint density at radius 3 is 3.05 bits per heavy atom. The minimum atomic E-state index is -0.457. The molecule has 1 aliphatic carbocycles. The first kappa shape index (κ1) is 13.0. The lowest BCUT2D eigenvalue weighted by Gasteiger charge is -2.01. The Labute approximate surface area is 118 Å². The van der Waals surface area contributed by atoms with E-state index in [4.69, 9.17) is 5.84 Å². The number of carbonyl (C=O) groups excluding carboxylic acids is 1. The second-order valence-corrected chi connectivity index (χ2v) is 5.39. The van der Waals surface area contributed by atoms with Crippen molar-refractivity contribution < 1.29 is 4.79 Å². The maximum atomic E-state index is 11.2. The molecule has 0 unspecified atom stereocenters. The van der Waals surface area contributed by atoms with Crippen molar-refractivity contribution in [3.63, 3.8) is 0 Å². The number of nitrogen functional groups attached to an aromatic ring is 1. The highest BCUT2D eigenvalue weighted by atomic mass is 32.2. The number of aromatic nitrogens is 7. The molecular weight excluding hydrogens is 282 g/mol. The number of hydrazine groups is 1. The van der Waals surface area contributed by atoms with Crippen LogP contribution in [0.25, 0.3) is 0 Å². The van der Waals surface area contributed by atoms with E-state index in [9.17, 15) is 4.79 Å². The number of rotatable bonds is 6. The van der Waals surface area contributed by atoms with Crippen LogP contribution in [-0.4, -0.2) is 46.9 Å². The summed E-state index contributed by atoms with van der Waals surface area (Å²) in [4.78, 5) is 11.2. The smallest absolute Gasteiger partial charge is 0.287 e. The van der Waals surface area contributed by atoms with Gasteiger partial charge in [0.25, 0.3) is 5.91 Å². The van der Waals surface area contributed by atoms with E-state index in [0.717, 1.165) is 23.8 Å². The van der Waals surface area contributed by atoms with E-state index in [1.165, 1.54) is 0 Å². The van der Waals surface area contributed by atoms with Crippen LogP contribution in [0, 0.1) is 0 Å². The van der Waals surface area contributed by atoms with Crippen LogP contribution >= 0.6 is 11.8 Å². The Hall–Kier alpha value is -2.01. The zero-order valence-electron chi connectivity index (χ0n) is 10.5. The number of thioether (sulfide) groups is 1. The lowest BCUT2D eigenvalue weighted by atomic mass is 10.5. The normalized spacial score (nSPS) is 14.4. The van der Waals surface area contributed by atoms with Crippen molar-refractivity contribution in [2.45, 2.75) is 30.6 Å². The van der Waals surface area contributed by atoms with Gasteiger partial charge in [-0.1, -0.05) is 17.0 Å². The fraction of sp³-hybridized carbons (Fsp3) is 0.556. The number of tetrazole rings is 1. The number of aryl methyl sites for hydroxylation is 1. The minimum Gasteiger partial charge on any atom is -0.289 e. The van der Waals surface area contributed by atoms with Crippen LogP contribution in [0.2, 0.25) is 0 Å². The summed E-state index contributed by atoms with van der Waals surface area (Å²) in [6, 6.07) is 0.457. The summed E-state index contributed by atoms with van der Waals surface area (Å²) in [5.41, 5.74) is 2.20. The molecule has 0 spiro atoms. The first-order valence-corrected chi connectivity index (χ1v) is 7.08. The van der Waals surface area contributed by atoms with E-state index < -0.39 is 5.91 Å². The standard InChI is InChI=1S/C9H13N9OS/c10-11-8(19)7-5-17(15-12-7)3-4-20-9-13-14-16-18(9)6-1-2-6/h5-6H,1-4,10H2,(H,11,19). The number of hydrogen-bond donors (Lipinski definition) is 2. The Kier molecular flexibility index (Phi) is 3.60. The zero-order valence-corrected chi connectivity index (χ0v) is 11.3. The quantitative estimate of drug-likeness (QED) is 0.300. The van der Waals surface area contributed by atoms with Crippen LogP contribution in [0.1, 0.15) is 29.4 Å². The maximum Gasteiger partial charge on any atom is 0.287 e. The van der Waals surface area contributed by atoms with E-state index in [1.54, 1.807) is 22.6 Å². The molecule has 20 heavy (non-hydrogen) atoms. The van der Waals surface area contributed by atoms with Crippen molar-refractivity contribution in [3.8, 4) is 0 Å². The molecule has 10 nitrogen and oxygen atoms in total. The molecule has 0 bridgehead atoms. The van der Waals surface area contributed by atoms with Gasteiger partial charge < -0.3 is 0 Å². The summed E-state index contributed by atoms with van der Waals surface area (Å²) in [6.45, 7) is 0.604. The molecule has 0 aromatic carbocycles. The molecule has 11 heteroatoms. The van der Waals surface area contributed by atoms with Crippen molar-refractivity contribution in [2.75, 3.05) is 5.75 Å². The fourth-order valence-corrected chi connectivity index (χ4v) is 2.52. The van der Waals surface area contributed by atoms with Gasteiger partial charge in [0.2, 0.25) is 5.16 Å². The van der Waals surface area contributed by atoms with Crippen molar-refractivity contribution >= 4 is 17.7 Å². The number of carbonyl (C=O) groups is 1. The predicted octanol–water partition coefficient (Wildman–Crippen LogP) is -1.00. The maximum absolute atomic E-state index is 11.2. The number of amides is 1. The highest BCUT2D eigenvalue weighted by Crippen LogP contribution is 2.36. The number of nitrogens with two attached hydrogens (primary N) is 1. The molecule has 2 aromatic rings. The van der Waals surface area contributed by atoms with Gasteiger partial charge >= 0.3 is 0 Å². The third kappa shape index (κ3) is 2.77. The Balaban J connectivity index is 1.53. The highest BCUT2D eigenvalue weighted by Gasteiger charge is 2.27. The van der Waals surface area contributed by atoms with Crippen LogP contribution in [-0.2, 0) is 6.54 Å². The van der Waals surface area contributed by atoms with Crippen LogP contribution in [0.5, 0.6) is 0 Å². The number of nitrogens with one attached hydrogen (secondary N) is 1. The molecule has 1 amide bonds. The van der Waals surface area contributed by atoms with Crippen molar-refractivity contribution in [2.24, 2.45) is 5.84 Å². The highest BCUT2D eigenvalue weighted by molar-refractivity contribution is 7.99. The molecule has 3 rings (SSSR count). The molecule has 1 saturated carbocycles.